The SMILES string of the molecule is CSc1ccc(NCc2cnccc2C)cc1. The molecule has 2 rings (SSSR count). The second-order valence-corrected chi connectivity index (χ2v) is 4.76. The molecule has 1 aromatic heterocycles. The number of nitrogens with zero attached hydrogens (tertiary/aromatic N) is 1. The van der Waals surface area contributed by atoms with Gasteiger partial charge in [-0.1, -0.05) is 0 Å². The van der Waals surface area contributed by atoms with Gasteiger partial charge in [0, 0.05) is 29.5 Å². The molecule has 0 aliphatic rings. The van der Waals surface area contributed by atoms with E-state index in [9.17, 15) is 0 Å². The Labute approximate surface area is 106 Å². The molecule has 0 aliphatic carbocycles. The number of pyridine rings is 1. The Balaban J connectivity index is 2.00. The smallest absolute Gasteiger partial charge is 0.0418 e. The average Bonchev–Trinajstić information content (AvgIpc) is 2.38. The van der Waals surface area contributed by atoms with Crippen LogP contribution in [0.1, 0.15) is 11.1 Å². The molecule has 3 heteroatoms. The quantitative estimate of drug-likeness (QED) is 0.830. The lowest BCUT2D eigenvalue weighted by atomic mass is 10.1. The maximum Gasteiger partial charge on any atom is 0.0418 e. The van der Waals surface area contributed by atoms with E-state index in [1.165, 1.54) is 16.0 Å². The van der Waals surface area contributed by atoms with Gasteiger partial charge in [-0.25, -0.2) is 0 Å². The van der Waals surface area contributed by atoms with Gasteiger partial charge in [0.05, 0.1) is 0 Å². The molecule has 1 N–H and O–H groups in total. The predicted octanol–water partition coefficient (Wildman–Crippen LogP) is 3.72. The van der Waals surface area contributed by atoms with Crippen LogP contribution in [-0.4, -0.2) is 11.2 Å². The molecule has 0 bridgehead atoms. The molecule has 0 aliphatic heterocycles. The lowest BCUT2D eigenvalue weighted by Gasteiger charge is -2.08. The van der Waals surface area contributed by atoms with Crippen molar-refractivity contribution in [3.05, 3.63) is 53.9 Å². The molecule has 0 unspecified atom stereocenters. The summed E-state index contributed by atoms with van der Waals surface area (Å²) in [5, 5.41) is 3.40. The molecule has 0 fully saturated rings. The first-order chi connectivity index (χ1) is 8.29. The second-order valence-electron chi connectivity index (χ2n) is 3.88. The minimum atomic E-state index is 0.818. The number of nitrogens with one attached hydrogen (secondary N) is 1. The standard InChI is InChI=1S/C14H16N2S/c1-11-7-8-15-9-12(11)10-16-13-3-5-14(17-2)6-4-13/h3-9,16H,10H2,1-2H3. The van der Waals surface area contributed by atoms with E-state index in [2.05, 4.69) is 47.7 Å². The summed E-state index contributed by atoms with van der Waals surface area (Å²) in [6, 6.07) is 10.5. The minimum absolute atomic E-state index is 0.818. The summed E-state index contributed by atoms with van der Waals surface area (Å²) in [6.07, 6.45) is 5.83. The van der Waals surface area contributed by atoms with E-state index in [-0.39, 0.29) is 0 Å². The van der Waals surface area contributed by atoms with Crippen molar-refractivity contribution >= 4 is 17.4 Å². The molecule has 0 saturated carbocycles. The molecular weight excluding hydrogens is 228 g/mol. The van der Waals surface area contributed by atoms with Gasteiger partial charge < -0.3 is 5.32 Å². The highest BCUT2D eigenvalue weighted by Crippen LogP contribution is 2.18. The Morgan fingerprint density at radius 1 is 1.18 bits per heavy atom. The first-order valence-corrected chi connectivity index (χ1v) is 6.79. The maximum absolute atomic E-state index is 4.14. The van der Waals surface area contributed by atoms with Crippen LogP contribution in [0, 0.1) is 6.92 Å². The number of hydrogen-bond donors (Lipinski definition) is 1. The third-order valence-corrected chi connectivity index (χ3v) is 3.46. The molecule has 0 spiro atoms. The molecule has 1 heterocycles. The monoisotopic (exact) mass is 244 g/mol. The van der Waals surface area contributed by atoms with E-state index in [4.69, 9.17) is 0 Å². The van der Waals surface area contributed by atoms with Gasteiger partial charge in [0.2, 0.25) is 0 Å². The largest absolute Gasteiger partial charge is 0.381 e. The summed E-state index contributed by atoms with van der Waals surface area (Å²) < 4.78 is 0. The summed E-state index contributed by atoms with van der Waals surface area (Å²) >= 11 is 1.76. The van der Waals surface area contributed by atoms with E-state index in [1.807, 2.05) is 18.5 Å². The third kappa shape index (κ3) is 3.24. The number of rotatable bonds is 4. The minimum Gasteiger partial charge on any atom is -0.381 e. The normalized spacial score (nSPS) is 10.2. The van der Waals surface area contributed by atoms with E-state index < -0.39 is 0 Å². The maximum atomic E-state index is 4.14. The number of aryl methyl sites for hydroxylation is 1. The van der Waals surface area contributed by atoms with Crippen LogP contribution in [0.5, 0.6) is 0 Å². The predicted molar refractivity (Wildman–Crippen MR) is 74.5 cm³/mol. The highest BCUT2D eigenvalue weighted by atomic mass is 32.2. The van der Waals surface area contributed by atoms with Crippen molar-refractivity contribution in [2.45, 2.75) is 18.4 Å². The molecule has 88 valence electrons. The van der Waals surface area contributed by atoms with Crippen molar-refractivity contribution in [2.24, 2.45) is 0 Å². The van der Waals surface area contributed by atoms with Crippen molar-refractivity contribution < 1.29 is 0 Å². The summed E-state index contributed by atoms with van der Waals surface area (Å²) in [5.41, 5.74) is 3.65. The van der Waals surface area contributed by atoms with Gasteiger partial charge in [-0.05, 0) is 54.6 Å². The highest BCUT2D eigenvalue weighted by Gasteiger charge is 1.98. The Kier molecular flexibility index (Phi) is 4.04. The van der Waals surface area contributed by atoms with Crippen molar-refractivity contribution in [1.29, 1.82) is 0 Å². The van der Waals surface area contributed by atoms with Gasteiger partial charge in [-0.3, -0.25) is 4.98 Å². The average molecular weight is 244 g/mol. The number of hydrogen-bond acceptors (Lipinski definition) is 3. The lowest BCUT2D eigenvalue weighted by molar-refractivity contribution is 1.08. The third-order valence-electron chi connectivity index (χ3n) is 2.72. The number of anilines is 1. The van der Waals surface area contributed by atoms with E-state index in [1.54, 1.807) is 11.8 Å². The molecule has 2 aromatic rings. The molecular formula is C14H16N2S. The van der Waals surface area contributed by atoms with Crippen molar-refractivity contribution in [1.82, 2.24) is 4.98 Å². The molecule has 0 atom stereocenters. The Bertz CT molecular complexity index is 480. The zero-order valence-electron chi connectivity index (χ0n) is 10.1. The molecule has 2 nitrogen and oxygen atoms in total. The van der Waals surface area contributed by atoms with E-state index >= 15 is 0 Å². The summed E-state index contributed by atoms with van der Waals surface area (Å²) in [5.74, 6) is 0. The van der Waals surface area contributed by atoms with Crippen molar-refractivity contribution in [3.63, 3.8) is 0 Å². The van der Waals surface area contributed by atoms with Gasteiger partial charge in [0.15, 0.2) is 0 Å². The van der Waals surface area contributed by atoms with Gasteiger partial charge in [-0.15, -0.1) is 11.8 Å². The van der Waals surface area contributed by atoms with E-state index in [0.717, 1.165) is 12.2 Å². The summed E-state index contributed by atoms with van der Waals surface area (Å²) in [7, 11) is 0. The first kappa shape index (κ1) is 12.0. The van der Waals surface area contributed by atoms with Gasteiger partial charge in [-0.2, -0.15) is 0 Å². The van der Waals surface area contributed by atoms with Crippen LogP contribution in [0.25, 0.3) is 0 Å². The molecule has 17 heavy (non-hydrogen) atoms. The number of benzene rings is 1. The zero-order valence-corrected chi connectivity index (χ0v) is 10.9. The summed E-state index contributed by atoms with van der Waals surface area (Å²) in [6.45, 7) is 2.92. The van der Waals surface area contributed by atoms with Crippen molar-refractivity contribution in [3.8, 4) is 0 Å². The molecule has 0 amide bonds. The number of aromatic nitrogens is 1. The lowest BCUT2D eigenvalue weighted by Crippen LogP contribution is -2.01. The van der Waals surface area contributed by atoms with Crippen LogP contribution < -0.4 is 5.32 Å². The van der Waals surface area contributed by atoms with Crippen LogP contribution in [0.4, 0.5) is 5.69 Å². The van der Waals surface area contributed by atoms with Crippen LogP contribution in [0.2, 0.25) is 0 Å². The van der Waals surface area contributed by atoms with Crippen LogP contribution in [0.15, 0.2) is 47.6 Å². The molecule has 0 radical (unpaired) electrons. The van der Waals surface area contributed by atoms with Crippen LogP contribution in [0.3, 0.4) is 0 Å². The fourth-order valence-corrected chi connectivity index (χ4v) is 2.00. The second kappa shape index (κ2) is 5.73. The highest BCUT2D eigenvalue weighted by molar-refractivity contribution is 7.98. The van der Waals surface area contributed by atoms with E-state index in [0.29, 0.717) is 0 Å². The zero-order chi connectivity index (χ0) is 12.1. The number of thioether (sulfide) groups is 1. The van der Waals surface area contributed by atoms with Gasteiger partial charge in [0.25, 0.3) is 0 Å². The Hall–Kier alpha value is -1.48. The fraction of sp³-hybridized carbons (Fsp3) is 0.214. The molecule has 0 saturated heterocycles. The topological polar surface area (TPSA) is 24.9 Å². The first-order valence-electron chi connectivity index (χ1n) is 5.57. The van der Waals surface area contributed by atoms with Gasteiger partial charge in [0.1, 0.15) is 0 Å². The summed E-state index contributed by atoms with van der Waals surface area (Å²) in [4.78, 5) is 5.43. The van der Waals surface area contributed by atoms with Gasteiger partial charge >= 0.3 is 0 Å². The Morgan fingerprint density at radius 3 is 2.59 bits per heavy atom. The fourth-order valence-electron chi connectivity index (χ4n) is 1.59. The van der Waals surface area contributed by atoms with Crippen molar-refractivity contribution in [2.75, 3.05) is 11.6 Å². The van der Waals surface area contributed by atoms with Crippen LogP contribution >= 0.6 is 11.8 Å². The molecule has 1 aromatic carbocycles. The Morgan fingerprint density at radius 2 is 1.94 bits per heavy atom. The van der Waals surface area contributed by atoms with Crippen LogP contribution in [-0.2, 0) is 6.54 Å².